The molecule has 1 rings (SSSR count). The SMILES string of the molecule is CC(C)[C@H](N)C(=O)O.O=C(O)CNC(=O)OCc1ccccc1. The summed E-state index contributed by atoms with van der Waals surface area (Å²) in [6, 6.07) is 8.42. The largest absolute Gasteiger partial charge is 0.480 e. The normalized spacial score (nSPS) is 11.0. The van der Waals surface area contributed by atoms with E-state index in [1.165, 1.54) is 0 Å². The second-order valence-electron chi connectivity index (χ2n) is 4.92. The summed E-state index contributed by atoms with van der Waals surface area (Å²) in [6.07, 6.45) is -0.735. The molecule has 5 N–H and O–H groups in total. The molecule has 128 valence electrons. The second-order valence-corrected chi connectivity index (χ2v) is 4.92. The van der Waals surface area contributed by atoms with Crippen LogP contribution in [0, 0.1) is 5.92 Å². The molecule has 1 atom stereocenters. The third kappa shape index (κ3) is 10.7. The molecule has 1 aromatic carbocycles. The van der Waals surface area contributed by atoms with Crippen LogP contribution in [0.1, 0.15) is 19.4 Å². The number of carbonyl (C=O) groups is 3. The van der Waals surface area contributed by atoms with Gasteiger partial charge in [0, 0.05) is 0 Å². The summed E-state index contributed by atoms with van der Waals surface area (Å²) in [5, 5.41) is 18.6. The zero-order valence-corrected chi connectivity index (χ0v) is 13.1. The van der Waals surface area contributed by atoms with Crippen molar-refractivity contribution < 1.29 is 29.3 Å². The van der Waals surface area contributed by atoms with E-state index in [1.54, 1.807) is 13.8 Å². The first-order valence-electron chi connectivity index (χ1n) is 6.88. The number of carboxylic acid groups (broad SMARTS) is 2. The maximum atomic E-state index is 10.9. The Hall–Kier alpha value is -2.61. The van der Waals surface area contributed by atoms with Gasteiger partial charge in [-0.05, 0) is 11.5 Å². The second kappa shape index (κ2) is 11.0. The average Bonchev–Trinajstić information content (AvgIpc) is 2.51. The lowest BCUT2D eigenvalue weighted by atomic mass is 10.1. The van der Waals surface area contributed by atoms with Crippen LogP contribution < -0.4 is 11.1 Å². The minimum Gasteiger partial charge on any atom is -0.480 e. The van der Waals surface area contributed by atoms with Gasteiger partial charge in [0.25, 0.3) is 0 Å². The summed E-state index contributed by atoms with van der Waals surface area (Å²) in [6.45, 7) is 3.25. The molecular weight excluding hydrogens is 304 g/mol. The molecule has 0 unspecified atom stereocenters. The Morgan fingerprint density at radius 1 is 1.17 bits per heavy atom. The smallest absolute Gasteiger partial charge is 0.407 e. The molecule has 1 aromatic rings. The summed E-state index contributed by atoms with van der Waals surface area (Å²) in [4.78, 5) is 31.0. The summed E-state index contributed by atoms with van der Waals surface area (Å²) < 4.78 is 4.77. The van der Waals surface area contributed by atoms with Gasteiger partial charge in [-0.2, -0.15) is 0 Å². The lowest BCUT2D eigenvalue weighted by Gasteiger charge is -2.07. The Labute approximate surface area is 134 Å². The van der Waals surface area contributed by atoms with Gasteiger partial charge in [0.05, 0.1) is 0 Å². The van der Waals surface area contributed by atoms with Crippen molar-refractivity contribution in [2.75, 3.05) is 6.54 Å². The monoisotopic (exact) mass is 326 g/mol. The van der Waals surface area contributed by atoms with Crippen LogP contribution in [-0.2, 0) is 20.9 Å². The van der Waals surface area contributed by atoms with E-state index < -0.39 is 30.6 Å². The van der Waals surface area contributed by atoms with Gasteiger partial charge in [-0.25, -0.2) is 4.79 Å². The van der Waals surface area contributed by atoms with Crippen molar-refractivity contribution in [3.8, 4) is 0 Å². The van der Waals surface area contributed by atoms with Crippen molar-refractivity contribution in [1.29, 1.82) is 0 Å². The van der Waals surface area contributed by atoms with E-state index in [9.17, 15) is 14.4 Å². The first kappa shape index (κ1) is 20.4. The van der Waals surface area contributed by atoms with Crippen molar-refractivity contribution in [2.24, 2.45) is 11.7 Å². The van der Waals surface area contributed by atoms with Crippen molar-refractivity contribution in [3.05, 3.63) is 35.9 Å². The highest BCUT2D eigenvalue weighted by Crippen LogP contribution is 2.00. The fourth-order valence-electron chi connectivity index (χ4n) is 1.21. The number of carboxylic acids is 2. The minimum atomic E-state index is -1.10. The van der Waals surface area contributed by atoms with Gasteiger partial charge >= 0.3 is 18.0 Å². The van der Waals surface area contributed by atoms with Gasteiger partial charge in [0.1, 0.15) is 19.2 Å². The van der Waals surface area contributed by atoms with Crippen LogP contribution >= 0.6 is 0 Å². The van der Waals surface area contributed by atoms with Crippen LogP contribution in [0.15, 0.2) is 30.3 Å². The van der Waals surface area contributed by atoms with Gasteiger partial charge in [-0.1, -0.05) is 44.2 Å². The lowest BCUT2D eigenvalue weighted by Crippen LogP contribution is -2.34. The number of amides is 1. The quantitative estimate of drug-likeness (QED) is 0.612. The van der Waals surface area contributed by atoms with Crippen LogP contribution in [-0.4, -0.2) is 40.8 Å². The molecule has 8 nitrogen and oxygen atoms in total. The van der Waals surface area contributed by atoms with Crippen LogP contribution in [0.4, 0.5) is 4.79 Å². The molecule has 23 heavy (non-hydrogen) atoms. The Balaban J connectivity index is 0.000000515. The van der Waals surface area contributed by atoms with Crippen LogP contribution in [0.2, 0.25) is 0 Å². The number of rotatable bonds is 6. The number of carbonyl (C=O) groups excluding carboxylic acids is 1. The minimum absolute atomic E-state index is 0.0208. The van der Waals surface area contributed by atoms with Gasteiger partial charge in [0.2, 0.25) is 0 Å². The van der Waals surface area contributed by atoms with Crippen molar-refractivity contribution in [1.82, 2.24) is 5.32 Å². The standard InChI is InChI=1S/C10H11NO4.C5H11NO2/c12-9(13)6-11-10(14)15-7-8-4-2-1-3-5-8;1-3(2)4(6)5(7)8/h1-5H,6-7H2,(H,11,14)(H,12,13);3-4H,6H2,1-2H3,(H,7,8)/t;4-/m.0/s1. The molecule has 0 radical (unpaired) electrons. The zero-order valence-electron chi connectivity index (χ0n) is 13.1. The fourth-order valence-corrected chi connectivity index (χ4v) is 1.21. The van der Waals surface area contributed by atoms with Crippen LogP contribution in [0.5, 0.6) is 0 Å². The number of aliphatic carboxylic acids is 2. The summed E-state index contributed by atoms with van der Waals surface area (Å²) in [7, 11) is 0. The molecule has 0 spiro atoms. The van der Waals surface area contributed by atoms with Gasteiger partial charge < -0.3 is 26.0 Å². The number of alkyl carbamates (subject to hydrolysis) is 1. The van der Waals surface area contributed by atoms with E-state index >= 15 is 0 Å². The number of benzene rings is 1. The highest BCUT2D eigenvalue weighted by Gasteiger charge is 2.14. The molecule has 0 heterocycles. The summed E-state index contributed by atoms with van der Waals surface area (Å²) in [5.74, 6) is -2.01. The average molecular weight is 326 g/mol. The molecule has 0 aliphatic carbocycles. The van der Waals surface area contributed by atoms with Gasteiger partial charge in [-0.15, -0.1) is 0 Å². The molecule has 1 amide bonds. The Bertz CT molecular complexity index is 504. The highest BCUT2D eigenvalue weighted by atomic mass is 16.5. The molecule has 0 aliphatic rings. The van der Waals surface area contributed by atoms with Crippen molar-refractivity contribution in [3.63, 3.8) is 0 Å². The third-order valence-electron chi connectivity index (χ3n) is 2.60. The fraction of sp³-hybridized carbons (Fsp3) is 0.400. The number of nitrogens with one attached hydrogen (secondary N) is 1. The van der Waals surface area contributed by atoms with E-state index in [0.717, 1.165) is 5.56 Å². The Kier molecular flexibility index (Phi) is 9.77. The number of nitrogens with two attached hydrogens (primary N) is 1. The number of hydrogen-bond acceptors (Lipinski definition) is 5. The highest BCUT2D eigenvalue weighted by molar-refractivity contribution is 5.76. The molecule has 0 bridgehead atoms. The summed E-state index contributed by atoms with van der Waals surface area (Å²) >= 11 is 0. The maximum absolute atomic E-state index is 10.9. The Morgan fingerprint density at radius 3 is 2.13 bits per heavy atom. The topological polar surface area (TPSA) is 139 Å². The molecule has 0 aromatic heterocycles. The van der Waals surface area contributed by atoms with Crippen LogP contribution in [0.3, 0.4) is 0 Å². The molecule has 0 saturated carbocycles. The van der Waals surface area contributed by atoms with Crippen molar-refractivity contribution in [2.45, 2.75) is 26.5 Å². The van der Waals surface area contributed by atoms with Gasteiger partial charge in [-0.3, -0.25) is 9.59 Å². The first-order chi connectivity index (χ1) is 10.7. The maximum Gasteiger partial charge on any atom is 0.407 e. The van der Waals surface area contributed by atoms with E-state index in [0.29, 0.717) is 0 Å². The van der Waals surface area contributed by atoms with E-state index in [-0.39, 0.29) is 12.5 Å². The van der Waals surface area contributed by atoms with Gasteiger partial charge in [0.15, 0.2) is 0 Å². The molecule has 0 fully saturated rings. The summed E-state index contributed by atoms with van der Waals surface area (Å²) in [5.41, 5.74) is 6.01. The van der Waals surface area contributed by atoms with E-state index in [4.69, 9.17) is 20.7 Å². The number of hydrogen-bond donors (Lipinski definition) is 4. The zero-order chi connectivity index (χ0) is 17.8. The predicted octanol–water partition coefficient (Wildman–Crippen LogP) is 1.05. The lowest BCUT2D eigenvalue weighted by molar-refractivity contribution is -0.139. The Morgan fingerprint density at radius 2 is 1.74 bits per heavy atom. The molecule has 8 heteroatoms. The number of ether oxygens (including phenoxy) is 1. The van der Waals surface area contributed by atoms with E-state index in [2.05, 4.69) is 5.32 Å². The molecule has 0 saturated heterocycles. The molecule has 0 aliphatic heterocycles. The molecular formula is C15H22N2O6. The predicted molar refractivity (Wildman–Crippen MR) is 82.7 cm³/mol. The third-order valence-corrected chi connectivity index (χ3v) is 2.60. The van der Waals surface area contributed by atoms with E-state index in [1.807, 2.05) is 30.3 Å². The van der Waals surface area contributed by atoms with Crippen LogP contribution in [0.25, 0.3) is 0 Å². The first-order valence-corrected chi connectivity index (χ1v) is 6.88. The van der Waals surface area contributed by atoms with Crippen molar-refractivity contribution >= 4 is 18.0 Å².